The molecular formula is C14H11BrFNOS. The van der Waals surface area contributed by atoms with Gasteiger partial charge in [0.05, 0.1) is 10.7 Å². The van der Waals surface area contributed by atoms with Crippen LogP contribution in [0.5, 0.6) is 0 Å². The summed E-state index contributed by atoms with van der Waals surface area (Å²) in [6.07, 6.45) is 1.65. The second-order valence-electron chi connectivity index (χ2n) is 4.19. The molecule has 3 rings (SSSR count). The number of furan rings is 1. The highest BCUT2D eigenvalue weighted by molar-refractivity contribution is 9.10. The van der Waals surface area contributed by atoms with Gasteiger partial charge in [0.15, 0.2) is 0 Å². The van der Waals surface area contributed by atoms with Crippen LogP contribution >= 0.6 is 27.3 Å². The first-order chi connectivity index (χ1) is 9.19. The first-order valence-electron chi connectivity index (χ1n) is 5.78. The minimum atomic E-state index is -0.211. The third-order valence-electron chi connectivity index (χ3n) is 2.98. The average Bonchev–Trinajstić information content (AvgIpc) is 2.97. The van der Waals surface area contributed by atoms with Crippen molar-refractivity contribution in [2.24, 2.45) is 0 Å². The van der Waals surface area contributed by atoms with E-state index in [2.05, 4.69) is 21.2 Å². The Kier molecular flexibility index (Phi) is 3.43. The zero-order chi connectivity index (χ0) is 13.4. The molecule has 1 aromatic carbocycles. The molecule has 1 N–H and O–H groups in total. The number of benzene rings is 1. The first-order valence-corrected chi connectivity index (χ1v) is 7.39. The SMILES string of the molecule is CNC(c1cc2cc(F)ccc2s1)c1occc1Br. The van der Waals surface area contributed by atoms with E-state index in [1.54, 1.807) is 23.7 Å². The Morgan fingerprint density at radius 3 is 2.84 bits per heavy atom. The number of fused-ring (bicyclic) bond motifs is 1. The van der Waals surface area contributed by atoms with Crippen LogP contribution in [0.4, 0.5) is 4.39 Å². The molecule has 2 nitrogen and oxygen atoms in total. The van der Waals surface area contributed by atoms with E-state index in [4.69, 9.17) is 4.42 Å². The molecule has 98 valence electrons. The highest BCUT2D eigenvalue weighted by atomic mass is 79.9. The molecule has 0 fully saturated rings. The normalized spacial score (nSPS) is 13.0. The van der Waals surface area contributed by atoms with Gasteiger partial charge in [-0.15, -0.1) is 11.3 Å². The number of hydrogen-bond acceptors (Lipinski definition) is 3. The van der Waals surface area contributed by atoms with E-state index in [-0.39, 0.29) is 11.9 Å². The van der Waals surface area contributed by atoms with E-state index in [0.717, 1.165) is 25.2 Å². The molecule has 0 saturated heterocycles. The molecule has 5 heteroatoms. The minimum absolute atomic E-state index is 0.0372. The number of halogens is 2. The molecule has 0 bridgehead atoms. The Bertz CT molecular complexity index is 721. The molecule has 0 radical (unpaired) electrons. The lowest BCUT2D eigenvalue weighted by molar-refractivity contribution is 0.464. The van der Waals surface area contributed by atoms with E-state index in [1.165, 1.54) is 6.07 Å². The lowest BCUT2D eigenvalue weighted by Crippen LogP contribution is -2.16. The van der Waals surface area contributed by atoms with E-state index >= 15 is 0 Å². The van der Waals surface area contributed by atoms with E-state index in [0.29, 0.717) is 0 Å². The fourth-order valence-electron chi connectivity index (χ4n) is 2.09. The number of rotatable bonds is 3. The van der Waals surface area contributed by atoms with Crippen LogP contribution in [0.3, 0.4) is 0 Å². The molecule has 2 heterocycles. The Balaban J connectivity index is 2.09. The van der Waals surface area contributed by atoms with Gasteiger partial charge >= 0.3 is 0 Å². The zero-order valence-electron chi connectivity index (χ0n) is 10.1. The summed E-state index contributed by atoms with van der Waals surface area (Å²) < 4.78 is 20.7. The maximum absolute atomic E-state index is 13.2. The van der Waals surface area contributed by atoms with Crippen LogP contribution < -0.4 is 5.32 Å². The van der Waals surface area contributed by atoms with Gasteiger partial charge in [-0.05, 0) is 58.7 Å². The molecule has 1 atom stereocenters. The van der Waals surface area contributed by atoms with Crippen molar-refractivity contribution in [3.8, 4) is 0 Å². The molecule has 0 spiro atoms. The van der Waals surface area contributed by atoms with Crippen LogP contribution in [-0.2, 0) is 0 Å². The lowest BCUT2D eigenvalue weighted by Gasteiger charge is -2.11. The third-order valence-corrected chi connectivity index (χ3v) is 4.81. The zero-order valence-corrected chi connectivity index (χ0v) is 12.5. The summed E-state index contributed by atoms with van der Waals surface area (Å²) in [6.45, 7) is 0. The van der Waals surface area contributed by atoms with Crippen molar-refractivity contribution in [2.45, 2.75) is 6.04 Å². The monoisotopic (exact) mass is 339 g/mol. The van der Waals surface area contributed by atoms with Gasteiger partial charge in [0.1, 0.15) is 17.6 Å². The molecule has 2 aromatic heterocycles. The molecular weight excluding hydrogens is 329 g/mol. The quantitative estimate of drug-likeness (QED) is 0.747. The highest BCUT2D eigenvalue weighted by Gasteiger charge is 2.20. The van der Waals surface area contributed by atoms with Gasteiger partial charge in [0.2, 0.25) is 0 Å². The summed E-state index contributed by atoms with van der Waals surface area (Å²) in [6, 6.07) is 8.68. The first kappa shape index (κ1) is 12.8. The van der Waals surface area contributed by atoms with Crippen LogP contribution in [0.1, 0.15) is 16.7 Å². The van der Waals surface area contributed by atoms with E-state index in [9.17, 15) is 4.39 Å². The van der Waals surface area contributed by atoms with Gasteiger partial charge in [-0.3, -0.25) is 0 Å². The van der Waals surface area contributed by atoms with Gasteiger partial charge < -0.3 is 9.73 Å². The standard InChI is InChI=1S/C14H11BrFNOS/c1-17-13(14-10(15)4-5-18-14)12-7-8-6-9(16)2-3-11(8)19-12/h2-7,13,17H,1H3. The lowest BCUT2D eigenvalue weighted by atomic mass is 10.1. The maximum atomic E-state index is 13.2. The molecule has 0 aliphatic heterocycles. The molecule has 0 aliphatic carbocycles. The van der Waals surface area contributed by atoms with Gasteiger partial charge in [-0.1, -0.05) is 0 Å². The molecule has 0 saturated carbocycles. The second kappa shape index (κ2) is 5.07. The fourth-order valence-corrected chi connectivity index (χ4v) is 3.68. The van der Waals surface area contributed by atoms with E-state index < -0.39 is 0 Å². The Hall–Kier alpha value is -1.17. The summed E-state index contributed by atoms with van der Waals surface area (Å²) in [5.74, 6) is 0.617. The van der Waals surface area contributed by atoms with Gasteiger partial charge in [0.25, 0.3) is 0 Å². The second-order valence-corrected chi connectivity index (χ2v) is 6.16. The van der Waals surface area contributed by atoms with Crippen molar-refractivity contribution >= 4 is 37.4 Å². The summed E-state index contributed by atoms with van der Waals surface area (Å²) in [5.41, 5.74) is 0. The molecule has 3 aromatic rings. The molecule has 19 heavy (non-hydrogen) atoms. The third kappa shape index (κ3) is 2.33. The summed E-state index contributed by atoms with van der Waals surface area (Å²) >= 11 is 5.11. The Labute approximate surface area is 122 Å². The van der Waals surface area contributed by atoms with Crippen LogP contribution in [-0.4, -0.2) is 7.05 Å². The molecule has 0 aliphatic rings. The van der Waals surface area contributed by atoms with Crippen LogP contribution in [0, 0.1) is 5.82 Å². The van der Waals surface area contributed by atoms with Crippen molar-refractivity contribution in [1.82, 2.24) is 5.32 Å². The number of thiophene rings is 1. The predicted molar refractivity (Wildman–Crippen MR) is 79.1 cm³/mol. The topological polar surface area (TPSA) is 25.2 Å². The predicted octanol–water partition coefficient (Wildman–Crippen LogP) is 4.70. The van der Waals surface area contributed by atoms with Crippen molar-refractivity contribution < 1.29 is 8.81 Å². The summed E-state index contributed by atoms with van der Waals surface area (Å²) in [5, 5.41) is 4.15. The Morgan fingerprint density at radius 2 is 2.16 bits per heavy atom. The van der Waals surface area contributed by atoms with Crippen LogP contribution in [0.15, 0.2) is 45.5 Å². The molecule has 1 unspecified atom stereocenters. The fraction of sp³-hybridized carbons (Fsp3) is 0.143. The molecule has 0 amide bonds. The summed E-state index contributed by atoms with van der Waals surface area (Å²) in [7, 11) is 1.88. The van der Waals surface area contributed by atoms with Crippen molar-refractivity contribution in [1.29, 1.82) is 0 Å². The van der Waals surface area contributed by atoms with Crippen molar-refractivity contribution in [3.63, 3.8) is 0 Å². The largest absolute Gasteiger partial charge is 0.466 e. The van der Waals surface area contributed by atoms with E-state index in [1.807, 2.05) is 25.2 Å². The smallest absolute Gasteiger partial charge is 0.140 e. The number of hydrogen-bond donors (Lipinski definition) is 1. The minimum Gasteiger partial charge on any atom is -0.466 e. The van der Waals surface area contributed by atoms with Gasteiger partial charge in [0, 0.05) is 9.58 Å². The average molecular weight is 340 g/mol. The Morgan fingerprint density at radius 1 is 1.32 bits per heavy atom. The van der Waals surface area contributed by atoms with Crippen molar-refractivity contribution in [2.75, 3.05) is 7.05 Å². The van der Waals surface area contributed by atoms with Gasteiger partial charge in [-0.2, -0.15) is 0 Å². The maximum Gasteiger partial charge on any atom is 0.140 e. The van der Waals surface area contributed by atoms with Crippen LogP contribution in [0.25, 0.3) is 10.1 Å². The summed E-state index contributed by atoms with van der Waals surface area (Å²) in [4.78, 5) is 1.10. The van der Waals surface area contributed by atoms with Crippen LogP contribution in [0.2, 0.25) is 0 Å². The highest BCUT2D eigenvalue weighted by Crippen LogP contribution is 2.36. The van der Waals surface area contributed by atoms with Crippen molar-refractivity contribution in [3.05, 3.63) is 57.5 Å². The van der Waals surface area contributed by atoms with Gasteiger partial charge in [-0.25, -0.2) is 4.39 Å². The number of nitrogens with one attached hydrogen (secondary N) is 1.